The second-order valence-electron chi connectivity index (χ2n) is 6.26. The Morgan fingerprint density at radius 2 is 1.93 bits per heavy atom. The van der Waals surface area contributed by atoms with Crippen LogP contribution in [-0.2, 0) is 7.05 Å². The number of aromatic nitrogens is 3. The zero-order valence-corrected chi connectivity index (χ0v) is 14.7. The lowest BCUT2D eigenvalue weighted by Gasteiger charge is -2.16. The molecule has 1 aromatic carbocycles. The van der Waals surface area contributed by atoms with Gasteiger partial charge in [0.05, 0.1) is 11.9 Å². The minimum atomic E-state index is -0.00496. The molecule has 3 aromatic rings. The summed E-state index contributed by atoms with van der Waals surface area (Å²) in [6.45, 7) is 0.428. The number of nitrogens with zero attached hydrogens (tertiary/aromatic N) is 5. The van der Waals surface area contributed by atoms with Gasteiger partial charge in [-0.15, -0.1) is 0 Å². The smallest absolute Gasteiger partial charge is 0.184 e. The highest BCUT2D eigenvalue weighted by atomic mass is 16.1. The Bertz CT molecular complexity index is 1140. The number of aliphatic imine (C=N–C) groups is 1. The molecular weight excluding hydrogens is 340 g/mol. The van der Waals surface area contributed by atoms with E-state index in [1.165, 1.54) is 4.68 Å². The van der Waals surface area contributed by atoms with Gasteiger partial charge in [-0.25, -0.2) is 0 Å². The number of nitriles is 1. The number of hydrogen-bond donors (Lipinski definition) is 1. The van der Waals surface area contributed by atoms with E-state index in [1.54, 1.807) is 25.6 Å². The molecule has 2 N–H and O–H groups in total. The Balaban J connectivity index is 1.81. The van der Waals surface area contributed by atoms with E-state index in [0.717, 1.165) is 33.5 Å². The summed E-state index contributed by atoms with van der Waals surface area (Å²) >= 11 is 0. The number of benzene rings is 1. The fourth-order valence-corrected chi connectivity index (χ4v) is 3.24. The molecule has 0 unspecified atom stereocenters. The van der Waals surface area contributed by atoms with Gasteiger partial charge >= 0.3 is 0 Å². The van der Waals surface area contributed by atoms with Gasteiger partial charge in [0.2, 0.25) is 0 Å². The third-order valence-electron chi connectivity index (χ3n) is 4.67. The minimum absolute atomic E-state index is 0.00496. The van der Waals surface area contributed by atoms with Crippen molar-refractivity contribution in [2.75, 3.05) is 13.1 Å². The van der Waals surface area contributed by atoms with Crippen LogP contribution in [0.3, 0.4) is 0 Å². The molecule has 3 heterocycles. The second kappa shape index (κ2) is 6.59. The van der Waals surface area contributed by atoms with Crippen molar-refractivity contribution < 1.29 is 4.79 Å². The average molecular weight is 356 g/mol. The fraction of sp³-hybridized carbons (Fsp3) is 0.150. The van der Waals surface area contributed by atoms with Crippen molar-refractivity contribution in [2.45, 2.75) is 0 Å². The summed E-state index contributed by atoms with van der Waals surface area (Å²) in [6, 6.07) is 9.75. The highest BCUT2D eigenvalue weighted by Gasteiger charge is 2.20. The summed E-state index contributed by atoms with van der Waals surface area (Å²) in [4.78, 5) is 20.7. The lowest BCUT2D eigenvalue weighted by atomic mass is 9.92. The topological polar surface area (TPSA) is 110 Å². The van der Waals surface area contributed by atoms with Crippen LogP contribution < -0.4 is 5.73 Å². The predicted molar refractivity (Wildman–Crippen MR) is 101 cm³/mol. The monoisotopic (exact) mass is 356 g/mol. The van der Waals surface area contributed by atoms with Gasteiger partial charge < -0.3 is 5.73 Å². The van der Waals surface area contributed by atoms with Gasteiger partial charge in [-0.05, 0) is 17.7 Å². The lowest BCUT2D eigenvalue weighted by Crippen LogP contribution is -2.24. The van der Waals surface area contributed by atoms with Crippen molar-refractivity contribution in [1.29, 1.82) is 5.26 Å². The Kier molecular flexibility index (Phi) is 4.11. The first-order valence-corrected chi connectivity index (χ1v) is 8.41. The van der Waals surface area contributed by atoms with E-state index in [0.29, 0.717) is 11.3 Å². The summed E-state index contributed by atoms with van der Waals surface area (Å²) in [7, 11) is 1.73. The third-order valence-corrected chi connectivity index (χ3v) is 4.67. The number of ketones is 1. The molecular formula is C20H16N6O. The lowest BCUT2D eigenvalue weighted by molar-refractivity contribution is 0.1000. The fourth-order valence-electron chi connectivity index (χ4n) is 3.24. The molecule has 1 aliphatic rings. The molecule has 0 saturated carbocycles. The molecule has 132 valence electrons. The quantitative estimate of drug-likeness (QED) is 0.771. The summed E-state index contributed by atoms with van der Waals surface area (Å²) < 4.78 is 1.54. The number of pyridine rings is 1. The molecule has 4 rings (SSSR count). The molecule has 0 radical (unpaired) electrons. The van der Waals surface area contributed by atoms with Crippen molar-refractivity contribution in [3.63, 3.8) is 0 Å². The number of hydrogen-bond acceptors (Lipinski definition) is 6. The van der Waals surface area contributed by atoms with Gasteiger partial charge in [0.25, 0.3) is 0 Å². The summed E-state index contributed by atoms with van der Waals surface area (Å²) in [6.07, 6.45) is 5.11. The second-order valence-corrected chi connectivity index (χ2v) is 6.26. The van der Waals surface area contributed by atoms with Crippen molar-refractivity contribution >= 4 is 11.5 Å². The molecule has 0 bridgehead atoms. The van der Waals surface area contributed by atoms with E-state index in [4.69, 9.17) is 5.73 Å². The normalized spacial score (nSPS) is 13.1. The van der Waals surface area contributed by atoms with E-state index in [1.807, 2.05) is 24.3 Å². The summed E-state index contributed by atoms with van der Waals surface area (Å²) in [5.41, 5.74) is 11.7. The van der Waals surface area contributed by atoms with Crippen LogP contribution in [0.4, 0.5) is 0 Å². The molecule has 0 saturated heterocycles. The van der Waals surface area contributed by atoms with Crippen LogP contribution in [0.15, 0.2) is 47.8 Å². The Morgan fingerprint density at radius 3 is 2.70 bits per heavy atom. The van der Waals surface area contributed by atoms with Crippen LogP contribution in [0.25, 0.3) is 22.3 Å². The number of Topliss-reactive ketones (excluding diaryl/α,β-unsaturated/α-hetero) is 1. The minimum Gasteiger partial charge on any atom is -0.325 e. The molecule has 7 nitrogen and oxygen atoms in total. The van der Waals surface area contributed by atoms with E-state index in [-0.39, 0.29) is 18.9 Å². The Morgan fingerprint density at radius 1 is 1.11 bits per heavy atom. The molecule has 27 heavy (non-hydrogen) atoms. The van der Waals surface area contributed by atoms with Gasteiger partial charge in [0, 0.05) is 53.8 Å². The molecule has 0 aliphatic carbocycles. The van der Waals surface area contributed by atoms with Gasteiger partial charge in [-0.3, -0.25) is 19.5 Å². The Labute approximate surface area is 155 Å². The average Bonchev–Trinajstić information content (AvgIpc) is 3.08. The zero-order valence-electron chi connectivity index (χ0n) is 14.7. The summed E-state index contributed by atoms with van der Waals surface area (Å²) in [5, 5.41) is 13.5. The van der Waals surface area contributed by atoms with E-state index in [2.05, 4.69) is 21.1 Å². The number of fused-ring (bicyclic) bond motifs is 1. The zero-order chi connectivity index (χ0) is 19.0. The first kappa shape index (κ1) is 16.8. The number of nitrogens with two attached hydrogens (primary N) is 1. The Hall–Kier alpha value is -3.63. The van der Waals surface area contributed by atoms with Gasteiger partial charge in [0.1, 0.15) is 18.3 Å². The van der Waals surface area contributed by atoms with Gasteiger partial charge in [-0.2, -0.15) is 10.4 Å². The maximum atomic E-state index is 12.1. The van der Waals surface area contributed by atoms with Gasteiger partial charge in [0.15, 0.2) is 5.78 Å². The standard InChI is InChI=1S/C20H16N6O/c1-26-19(7-22)17(10-25-26)14-4-13(8-23-9-14)12-2-3-15-16(5-12)18(6-21)24-11-20(15)27/h2-5,8-10H,6,11,21H2,1H3. The van der Waals surface area contributed by atoms with Crippen LogP contribution in [0.5, 0.6) is 0 Å². The maximum absolute atomic E-state index is 12.1. The SMILES string of the molecule is Cn1ncc(-c2cncc(-c3ccc4c(c3)C(CN)=NCC4=O)c2)c1C#N. The highest BCUT2D eigenvalue weighted by Crippen LogP contribution is 2.29. The molecule has 0 spiro atoms. The number of rotatable bonds is 3. The highest BCUT2D eigenvalue weighted by molar-refractivity contribution is 6.16. The van der Waals surface area contributed by atoms with E-state index in [9.17, 15) is 10.1 Å². The first-order valence-electron chi connectivity index (χ1n) is 8.41. The predicted octanol–water partition coefficient (Wildman–Crippen LogP) is 1.96. The third kappa shape index (κ3) is 2.82. The molecule has 2 aromatic heterocycles. The van der Waals surface area contributed by atoms with Crippen LogP contribution in [0.2, 0.25) is 0 Å². The van der Waals surface area contributed by atoms with Crippen molar-refractivity contribution in [3.05, 3.63) is 59.7 Å². The van der Waals surface area contributed by atoms with E-state index < -0.39 is 0 Å². The number of aryl methyl sites for hydroxylation is 1. The molecule has 0 fully saturated rings. The number of carbonyl (C=O) groups excluding carboxylic acids is 1. The van der Waals surface area contributed by atoms with Crippen molar-refractivity contribution in [1.82, 2.24) is 14.8 Å². The van der Waals surface area contributed by atoms with Crippen molar-refractivity contribution in [2.24, 2.45) is 17.8 Å². The van der Waals surface area contributed by atoms with Crippen LogP contribution in [0.1, 0.15) is 21.6 Å². The maximum Gasteiger partial charge on any atom is 0.184 e. The largest absolute Gasteiger partial charge is 0.325 e. The molecule has 1 aliphatic heterocycles. The molecule has 7 heteroatoms. The van der Waals surface area contributed by atoms with Crippen LogP contribution >= 0.6 is 0 Å². The molecule has 0 atom stereocenters. The van der Waals surface area contributed by atoms with Crippen LogP contribution in [0, 0.1) is 11.3 Å². The molecule has 0 amide bonds. The van der Waals surface area contributed by atoms with Crippen LogP contribution in [-0.4, -0.2) is 39.3 Å². The first-order chi connectivity index (χ1) is 13.1. The summed E-state index contributed by atoms with van der Waals surface area (Å²) in [5.74, 6) is -0.00496. The van der Waals surface area contributed by atoms with Gasteiger partial charge in [-0.1, -0.05) is 12.1 Å². The van der Waals surface area contributed by atoms with Crippen molar-refractivity contribution in [3.8, 4) is 28.3 Å². The number of carbonyl (C=O) groups is 1. The van der Waals surface area contributed by atoms with E-state index >= 15 is 0 Å².